The van der Waals surface area contributed by atoms with Gasteiger partial charge in [-0.2, -0.15) is 5.10 Å². The van der Waals surface area contributed by atoms with Crippen LogP contribution in [0.25, 0.3) is 0 Å². The van der Waals surface area contributed by atoms with Crippen LogP contribution in [0.3, 0.4) is 0 Å². The van der Waals surface area contributed by atoms with Gasteiger partial charge >= 0.3 is 6.09 Å². The van der Waals surface area contributed by atoms with E-state index in [2.05, 4.69) is 29.2 Å². The topological polar surface area (TPSA) is 92.7 Å². The molecule has 0 unspecified atom stereocenters. The van der Waals surface area contributed by atoms with Gasteiger partial charge < -0.3 is 19.1 Å². The summed E-state index contributed by atoms with van der Waals surface area (Å²) in [7, 11) is 1.60. The largest absolute Gasteiger partial charge is 0.493 e. The second kappa shape index (κ2) is 13.5. The van der Waals surface area contributed by atoms with E-state index in [1.807, 2.05) is 37.3 Å². The van der Waals surface area contributed by atoms with Crippen molar-refractivity contribution in [1.82, 2.24) is 9.91 Å². The van der Waals surface area contributed by atoms with Crippen molar-refractivity contribution in [1.29, 1.82) is 0 Å². The molecular weight excluding hydrogens is 460 g/mol. The van der Waals surface area contributed by atoms with Gasteiger partial charge in [-0.3, -0.25) is 10.1 Å². The van der Waals surface area contributed by atoms with E-state index in [1.54, 1.807) is 19.2 Å². The van der Waals surface area contributed by atoms with E-state index in [0.717, 1.165) is 29.9 Å². The second-order valence-electron chi connectivity index (χ2n) is 8.28. The molecule has 1 heterocycles. The number of nitrogens with zero attached hydrogens (tertiary/aromatic N) is 3. The summed E-state index contributed by atoms with van der Waals surface area (Å²) in [5.41, 5.74) is 3.25. The van der Waals surface area contributed by atoms with Crippen LogP contribution in [0.4, 0.5) is 10.5 Å². The molecule has 0 spiro atoms. The number of carbonyl (C=O) groups excluding carboxylic acids is 2. The maximum absolute atomic E-state index is 12.5. The van der Waals surface area contributed by atoms with E-state index in [-0.39, 0.29) is 5.91 Å². The van der Waals surface area contributed by atoms with E-state index >= 15 is 0 Å². The van der Waals surface area contributed by atoms with Crippen molar-refractivity contribution in [3.63, 3.8) is 0 Å². The van der Waals surface area contributed by atoms with Crippen LogP contribution in [-0.2, 0) is 16.1 Å². The van der Waals surface area contributed by atoms with Gasteiger partial charge in [-0.25, -0.2) is 9.80 Å². The number of likely N-dealkylation sites (N-methyl/N-ethyl adjacent to an activating group) is 1. The van der Waals surface area contributed by atoms with Gasteiger partial charge in [0.2, 0.25) is 5.91 Å². The van der Waals surface area contributed by atoms with Crippen LogP contribution < -0.4 is 14.8 Å². The number of nitrogens with one attached hydrogen (secondary N) is 1. The van der Waals surface area contributed by atoms with Crippen LogP contribution in [-0.4, -0.2) is 67.6 Å². The van der Waals surface area contributed by atoms with Crippen molar-refractivity contribution in [2.75, 3.05) is 45.3 Å². The molecule has 194 valence electrons. The van der Waals surface area contributed by atoms with Crippen LogP contribution in [0.1, 0.15) is 44.7 Å². The number of rotatable bonds is 12. The van der Waals surface area contributed by atoms with Gasteiger partial charge in [-0.15, -0.1) is 0 Å². The summed E-state index contributed by atoms with van der Waals surface area (Å²) < 4.78 is 16.3. The molecule has 3 rings (SSSR count). The maximum Gasteiger partial charge on any atom is 0.411 e. The van der Waals surface area contributed by atoms with Gasteiger partial charge in [0.1, 0.15) is 6.61 Å². The Bertz CT molecular complexity index is 1050. The number of benzene rings is 2. The number of ether oxygens (including phenoxy) is 3. The number of hydrogen-bond donors (Lipinski definition) is 1. The lowest BCUT2D eigenvalue weighted by atomic mass is 10.0. The molecule has 0 atom stereocenters. The minimum atomic E-state index is -0.485. The van der Waals surface area contributed by atoms with E-state index in [4.69, 9.17) is 14.2 Å². The molecule has 9 heteroatoms. The number of carbonyl (C=O) groups is 2. The molecule has 0 fully saturated rings. The Morgan fingerprint density at radius 3 is 2.47 bits per heavy atom. The first kappa shape index (κ1) is 27.0. The molecular formula is C27H36N4O5. The van der Waals surface area contributed by atoms with E-state index in [1.165, 1.54) is 5.01 Å². The zero-order valence-electron chi connectivity index (χ0n) is 21.6. The van der Waals surface area contributed by atoms with Crippen LogP contribution in [0.2, 0.25) is 0 Å². The summed E-state index contributed by atoms with van der Waals surface area (Å²) in [6.45, 7) is 9.81. The Morgan fingerprint density at radius 2 is 1.81 bits per heavy atom. The SMILES string of the molecule is CCOc1cc(C2=NN(Cc3ccc(NC(=O)OCCN(CC)CC)cc3)C(=O)CC2)ccc1OC. The molecule has 1 aliphatic heterocycles. The highest BCUT2D eigenvalue weighted by Crippen LogP contribution is 2.30. The first-order chi connectivity index (χ1) is 17.5. The third-order valence-corrected chi connectivity index (χ3v) is 5.97. The monoisotopic (exact) mass is 496 g/mol. The van der Waals surface area contributed by atoms with Crippen molar-refractivity contribution in [2.24, 2.45) is 5.10 Å². The molecule has 36 heavy (non-hydrogen) atoms. The van der Waals surface area contributed by atoms with Crippen molar-refractivity contribution >= 4 is 23.4 Å². The van der Waals surface area contributed by atoms with Gasteiger partial charge in [0, 0.05) is 30.6 Å². The molecule has 0 aromatic heterocycles. The molecule has 2 aromatic rings. The zero-order valence-corrected chi connectivity index (χ0v) is 21.6. The molecule has 0 saturated heterocycles. The summed E-state index contributed by atoms with van der Waals surface area (Å²) in [6.07, 6.45) is 0.460. The van der Waals surface area contributed by atoms with Gasteiger partial charge in [-0.05, 0) is 55.9 Å². The standard InChI is InChI=1S/C27H36N4O5/c1-5-30(6-2)16-17-36-27(33)28-22-11-8-20(9-12-22)19-31-26(32)15-13-23(29-31)21-10-14-24(34-4)25(18-21)35-7-3/h8-12,14,18H,5-7,13,15-17,19H2,1-4H3,(H,28,33). The Labute approximate surface area is 213 Å². The smallest absolute Gasteiger partial charge is 0.411 e. The summed E-state index contributed by atoms with van der Waals surface area (Å²) >= 11 is 0. The average molecular weight is 497 g/mol. The number of hydrazone groups is 1. The molecule has 9 nitrogen and oxygen atoms in total. The lowest BCUT2D eigenvalue weighted by molar-refractivity contribution is -0.132. The average Bonchev–Trinajstić information content (AvgIpc) is 2.89. The molecule has 2 aromatic carbocycles. The van der Waals surface area contributed by atoms with Crippen molar-refractivity contribution in [2.45, 2.75) is 40.2 Å². The second-order valence-corrected chi connectivity index (χ2v) is 8.28. The van der Waals surface area contributed by atoms with E-state index in [9.17, 15) is 9.59 Å². The first-order valence-electron chi connectivity index (χ1n) is 12.4. The van der Waals surface area contributed by atoms with Gasteiger partial charge in [0.05, 0.1) is 26.0 Å². The summed E-state index contributed by atoms with van der Waals surface area (Å²) in [4.78, 5) is 26.8. The first-order valence-corrected chi connectivity index (χ1v) is 12.4. The van der Waals surface area contributed by atoms with Gasteiger partial charge in [0.25, 0.3) is 0 Å². The zero-order chi connectivity index (χ0) is 25.9. The maximum atomic E-state index is 12.5. The highest BCUT2D eigenvalue weighted by atomic mass is 16.5. The van der Waals surface area contributed by atoms with Crippen molar-refractivity contribution < 1.29 is 23.8 Å². The third kappa shape index (κ3) is 7.45. The Kier molecular flexibility index (Phi) is 10.1. The molecule has 0 radical (unpaired) electrons. The number of amides is 2. The lowest BCUT2D eigenvalue weighted by Crippen LogP contribution is -2.31. The third-order valence-electron chi connectivity index (χ3n) is 5.97. The van der Waals surface area contributed by atoms with E-state index < -0.39 is 6.09 Å². The van der Waals surface area contributed by atoms with Gasteiger partial charge in [-0.1, -0.05) is 26.0 Å². The highest BCUT2D eigenvalue weighted by molar-refractivity contribution is 6.04. The molecule has 0 bridgehead atoms. The number of anilines is 1. The molecule has 0 saturated carbocycles. The Balaban J connectivity index is 1.61. The fourth-order valence-corrected chi connectivity index (χ4v) is 3.88. The van der Waals surface area contributed by atoms with Crippen LogP contribution in [0.15, 0.2) is 47.6 Å². The molecule has 1 aliphatic rings. The Morgan fingerprint density at radius 1 is 1.06 bits per heavy atom. The number of hydrogen-bond acceptors (Lipinski definition) is 7. The minimum absolute atomic E-state index is 0.0312. The van der Waals surface area contributed by atoms with Crippen LogP contribution >= 0.6 is 0 Å². The van der Waals surface area contributed by atoms with Crippen molar-refractivity contribution in [3.05, 3.63) is 53.6 Å². The minimum Gasteiger partial charge on any atom is -0.493 e. The Hall–Kier alpha value is -3.59. The quantitative estimate of drug-likeness (QED) is 0.465. The molecule has 1 N–H and O–H groups in total. The predicted molar refractivity (Wildman–Crippen MR) is 140 cm³/mol. The molecule has 2 amide bonds. The summed E-state index contributed by atoms with van der Waals surface area (Å²) in [5, 5.41) is 8.86. The predicted octanol–water partition coefficient (Wildman–Crippen LogP) is 4.51. The summed E-state index contributed by atoms with van der Waals surface area (Å²) in [6, 6.07) is 13.0. The molecule has 0 aliphatic carbocycles. The van der Waals surface area contributed by atoms with E-state index in [0.29, 0.717) is 56.3 Å². The van der Waals surface area contributed by atoms with Crippen molar-refractivity contribution in [3.8, 4) is 11.5 Å². The fraction of sp³-hybridized carbons (Fsp3) is 0.444. The van der Waals surface area contributed by atoms with Crippen LogP contribution in [0.5, 0.6) is 11.5 Å². The summed E-state index contributed by atoms with van der Waals surface area (Å²) in [5.74, 6) is 1.28. The van der Waals surface area contributed by atoms with Gasteiger partial charge in [0.15, 0.2) is 11.5 Å². The highest BCUT2D eigenvalue weighted by Gasteiger charge is 2.22. The van der Waals surface area contributed by atoms with Crippen LogP contribution in [0, 0.1) is 0 Å². The fourth-order valence-electron chi connectivity index (χ4n) is 3.88. The number of methoxy groups -OCH3 is 1. The lowest BCUT2D eigenvalue weighted by Gasteiger charge is -2.24. The normalized spacial score (nSPS) is 13.4.